The number of hydrogen-bond donors (Lipinski definition) is 2. The van der Waals surface area contributed by atoms with Gasteiger partial charge in [-0.25, -0.2) is 8.78 Å². The van der Waals surface area contributed by atoms with E-state index in [1.165, 1.54) is 0 Å². The van der Waals surface area contributed by atoms with Crippen LogP contribution >= 0.6 is 0 Å². The van der Waals surface area contributed by atoms with E-state index in [2.05, 4.69) is 5.43 Å². The zero-order valence-corrected chi connectivity index (χ0v) is 14.7. The number of nitrogens with one attached hydrogen (secondary N) is 2. The highest BCUT2D eigenvalue weighted by Crippen LogP contribution is 2.20. The molecule has 2 amide bonds. The van der Waals surface area contributed by atoms with Gasteiger partial charge in [0.15, 0.2) is 0 Å². The van der Waals surface area contributed by atoms with Crippen molar-refractivity contribution in [1.82, 2.24) is 15.4 Å². The number of benzene rings is 2. The third-order valence-electron chi connectivity index (χ3n) is 4.17. The number of aryl methyl sites for hydroxylation is 1. The molecule has 3 rings (SSSR count). The lowest BCUT2D eigenvalue weighted by atomic mass is 10.2. The zero-order chi connectivity index (χ0) is 19.6. The van der Waals surface area contributed by atoms with Crippen molar-refractivity contribution in [2.75, 3.05) is 0 Å². The number of carbonyl (C=O) groups is 2. The Morgan fingerprint density at radius 2 is 1.44 bits per heavy atom. The molecule has 0 unspecified atom stereocenters. The van der Waals surface area contributed by atoms with Crippen LogP contribution in [0.25, 0.3) is 5.69 Å². The van der Waals surface area contributed by atoms with Gasteiger partial charge in [-0.05, 0) is 44.2 Å². The van der Waals surface area contributed by atoms with Crippen LogP contribution in [-0.4, -0.2) is 16.4 Å². The van der Waals surface area contributed by atoms with Crippen molar-refractivity contribution in [2.45, 2.75) is 13.8 Å². The van der Waals surface area contributed by atoms with E-state index in [0.717, 1.165) is 29.6 Å². The summed E-state index contributed by atoms with van der Waals surface area (Å²) in [5.41, 5.74) is 6.22. The molecule has 27 heavy (non-hydrogen) atoms. The average Bonchev–Trinajstić information content (AvgIpc) is 2.94. The highest BCUT2D eigenvalue weighted by molar-refractivity contribution is 6.00. The summed E-state index contributed by atoms with van der Waals surface area (Å²) < 4.78 is 29.2. The van der Waals surface area contributed by atoms with E-state index in [1.54, 1.807) is 13.0 Å². The molecule has 0 saturated carbocycles. The van der Waals surface area contributed by atoms with Gasteiger partial charge in [0.2, 0.25) is 0 Å². The van der Waals surface area contributed by atoms with E-state index >= 15 is 0 Å². The molecule has 0 spiro atoms. The van der Waals surface area contributed by atoms with Crippen molar-refractivity contribution >= 4 is 11.8 Å². The molecule has 0 aliphatic carbocycles. The fraction of sp³-hybridized carbons (Fsp3) is 0.100. The molecule has 7 heteroatoms. The van der Waals surface area contributed by atoms with Gasteiger partial charge in [-0.15, -0.1) is 0 Å². The van der Waals surface area contributed by atoms with Crippen LogP contribution in [0.15, 0.2) is 54.6 Å². The lowest BCUT2D eigenvalue weighted by Crippen LogP contribution is -2.42. The molecule has 2 N–H and O–H groups in total. The van der Waals surface area contributed by atoms with Crippen LogP contribution < -0.4 is 10.9 Å². The van der Waals surface area contributed by atoms with Crippen LogP contribution in [0, 0.1) is 25.5 Å². The van der Waals surface area contributed by atoms with Gasteiger partial charge >= 0.3 is 0 Å². The normalized spacial score (nSPS) is 10.5. The molecule has 2 aromatic carbocycles. The first kappa shape index (κ1) is 18.3. The fourth-order valence-corrected chi connectivity index (χ4v) is 2.93. The van der Waals surface area contributed by atoms with Gasteiger partial charge in [0.25, 0.3) is 11.8 Å². The first-order chi connectivity index (χ1) is 12.9. The third kappa shape index (κ3) is 3.57. The first-order valence-corrected chi connectivity index (χ1v) is 8.19. The summed E-state index contributed by atoms with van der Waals surface area (Å²) in [5.74, 6) is -3.68. The van der Waals surface area contributed by atoms with Gasteiger partial charge in [-0.1, -0.05) is 24.3 Å². The van der Waals surface area contributed by atoms with Crippen LogP contribution in [0.1, 0.15) is 32.1 Å². The van der Waals surface area contributed by atoms with E-state index < -0.39 is 29.0 Å². The minimum Gasteiger partial charge on any atom is -0.318 e. The Bertz CT molecular complexity index is 993. The Hall–Kier alpha value is -3.48. The maximum atomic E-state index is 13.6. The molecule has 0 atom stereocenters. The second kappa shape index (κ2) is 7.41. The van der Waals surface area contributed by atoms with E-state index in [9.17, 15) is 18.4 Å². The maximum Gasteiger partial charge on any atom is 0.275 e. The minimum atomic E-state index is -1.07. The summed E-state index contributed by atoms with van der Waals surface area (Å²) in [6.45, 7) is 3.62. The van der Waals surface area contributed by atoms with Crippen molar-refractivity contribution < 1.29 is 18.4 Å². The third-order valence-corrected chi connectivity index (χ3v) is 4.17. The predicted octanol–water partition coefficient (Wildman–Crippen LogP) is 3.45. The number of carbonyl (C=O) groups excluding carboxylic acids is 2. The van der Waals surface area contributed by atoms with Crippen molar-refractivity contribution in [3.8, 4) is 5.69 Å². The van der Waals surface area contributed by atoms with Crippen molar-refractivity contribution in [3.05, 3.63) is 88.7 Å². The van der Waals surface area contributed by atoms with Crippen LogP contribution in [0.4, 0.5) is 8.78 Å². The smallest absolute Gasteiger partial charge is 0.275 e. The molecular weight excluding hydrogens is 352 g/mol. The standard InChI is InChI=1S/C20H17F2N3O2/c1-12-11-15(13(2)25(12)14-7-4-3-5-8-14)19(26)23-24-20(27)18-16(21)9-6-10-17(18)22/h3-11H,1-2H3,(H,23,26)(H,24,27). The van der Waals surface area contributed by atoms with E-state index in [-0.39, 0.29) is 0 Å². The molecule has 5 nitrogen and oxygen atoms in total. The quantitative estimate of drug-likeness (QED) is 0.695. The second-order valence-electron chi connectivity index (χ2n) is 5.96. The first-order valence-electron chi connectivity index (χ1n) is 8.19. The highest BCUT2D eigenvalue weighted by Gasteiger charge is 2.20. The van der Waals surface area contributed by atoms with Crippen LogP contribution in [0.2, 0.25) is 0 Å². The topological polar surface area (TPSA) is 63.1 Å². The number of hydrazine groups is 1. The number of amides is 2. The number of nitrogens with zero attached hydrogens (tertiary/aromatic N) is 1. The van der Waals surface area contributed by atoms with Crippen LogP contribution in [-0.2, 0) is 0 Å². The molecule has 3 aromatic rings. The SMILES string of the molecule is Cc1cc(C(=O)NNC(=O)c2c(F)cccc2F)c(C)n1-c1ccccc1. The van der Waals surface area contributed by atoms with Crippen LogP contribution in [0.5, 0.6) is 0 Å². The Kier molecular flexibility index (Phi) is 5.03. The number of para-hydroxylation sites is 1. The summed E-state index contributed by atoms with van der Waals surface area (Å²) in [7, 11) is 0. The molecule has 0 radical (unpaired) electrons. The molecule has 1 aromatic heterocycles. The summed E-state index contributed by atoms with van der Waals surface area (Å²) in [4.78, 5) is 24.4. The molecule has 0 aliphatic rings. The molecule has 138 valence electrons. The number of halogens is 2. The molecule has 0 aliphatic heterocycles. The zero-order valence-electron chi connectivity index (χ0n) is 14.7. The summed E-state index contributed by atoms with van der Waals surface area (Å²) in [5, 5.41) is 0. The monoisotopic (exact) mass is 369 g/mol. The Balaban J connectivity index is 1.79. The van der Waals surface area contributed by atoms with Crippen LogP contribution in [0.3, 0.4) is 0 Å². The number of hydrogen-bond acceptors (Lipinski definition) is 2. The lowest BCUT2D eigenvalue weighted by molar-refractivity contribution is 0.0841. The van der Waals surface area contributed by atoms with Gasteiger partial charge in [0.05, 0.1) is 5.56 Å². The van der Waals surface area contributed by atoms with Gasteiger partial charge in [-0.2, -0.15) is 0 Å². The maximum absolute atomic E-state index is 13.6. The largest absolute Gasteiger partial charge is 0.318 e. The van der Waals surface area contributed by atoms with E-state index in [1.807, 2.05) is 47.2 Å². The van der Waals surface area contributed by atoms with Gasteiger partial charge in [0, 0.05) is 17.1 Å². The summed E-state index contributed by atoms with van der Waals surface area (Å²) in [6, 6.07) is 14.2. The second-order valence-corrected chi connectivity index (χ2v) is 5.96. The Morgan fingerprint density at radius 1 is 0.852 bits per heavy atom. The summed E-state index contributed by atoms with van der Waals surface area (Å²) >= 11 is 0. The van der Waals surface area contributed by atoms with E-state index in [0.29, 0.717) is 11.3 Å². The Morgan fingerprint density at radius 3 is 2.07 bits per heavy atom. The molecule has 0 fully saturated rings. The number of aromatic nitrogens is 1. The summed E-state index contributed by atoms with van der Waals surface area (Å²) in [6.07, 6.45) is 0. The molecule has 0 saturated heterocycles. The molecule has 1 heterocycles. The molecule has 0 bridgehead atoms. The van der Waals surface area contributed by atoms with Crippen molar-refractivity contribution in [2.24, 2.45) is 0 Å². The van der Waals surface area contributed by atoms with Crippen molar-refractivity contribution in [1.29, 1.82) is 0 Å². The fourth-order valence-electron chi connectivity index (χ4n) is 2.93. The van der Waals surface area contributed by atoms with Gasteiger partial charge in [0.1, 0.15) is 17.2 Å². The van der Waals surface area contributed by atoms with Gasteiger partial charge < -0.3 is 4.57 Å². The Labute approximate surface area is 154 Å². The highest BCUT2D eigenvalue weighted by atomic mass is 19.1. The average molecular weight is 369 g/mol. The number of rotatable bonds is 3. The van der Waals surface area contributed by atoms with E-state index in [4.69, 9.17) is 0 Å². The van der Waals surface area contributed by atoms with Gasteiger partial charge in [-0.3, -0.25) is 20.4 Å². The van der Waals surface area contributed by atoms with Crippen molar-refractivity contribution in [3.63, 3.8) is 0 Å². The predicted molar refractivity (Wildman–Crippen MR) is 96.5 cm³/mol. The molecular formula is C20H17F2N3O2. The minimum absolute atomic E-state index is 0.339. The lowest BCUT2D eigenvalue weighted by Gasteiger charge is -2.11.